The van der Waals surface area contributed by atoms with E-state index in [-0.39, 0.29) is 11.8 Å². The lowest BCUT2D eigenvalue weighted by Gasteiger charge is -2.30. The number of hydrogen-bond acceptors (Lipinski definition) is 4. The van der Waals surface area contributed by atoms with Crippen LogP contribution in [0.25, 0.3) is 22.2 Å². The van der Waals surface area contributed by atoms with E-state index in [1.165, 1.54) is 12.8 Å². The van der Waals surface area contributed by atoms with E-state index in [1.807, 2.05) is 18.3 Å². The highest BCUT2D eigenvalue weighted by atomic mass is 35.5. The van der Waals surface area contributed by atoms with Gasteiger partial charge < -0.3 is 15.6 Å². The lowest BCUT2D eigenvalue weighted by molar-refractivity contribution is -0.125. The Morgan fingerprint density at radius 1 is 1.06 bits per heavy atom. The first-order valence-electron chi connectivity index (χ1n) is 11.3. The summed E-state index contributed by atoms with van der Waals surface area (Å²) in [6, 6.07) is 8.56. The van der Waals surface area contributed by atoms with Crippen LogP contribution in [0.5, 0.6) is 0 Å². The van der Waals surface area contributed by atoms with Crippen LogP contribution in [0.3, 0.4) is 0 Å². The molecule has 0 saturated heterocycles. The van der Waals surface area contributed by atoms with Gasteiger partial charge in [-0.3, -0.25) is 4.79 Å². The first kappa shape index (κ1) is 20.3. The van der Waals surface area contributed by atoms with Gasteiger partial charge in [0.25, 0.3) is 0 Å². The van der Waals surface area contributed by atoms with Gasteiger partial charge in [0.2, 0.25) is 5.91 Å². The molecule has 6 nitrogen and oxygen atoms in total. The number of aromatic amines is 1. The van der Waals surface area contributed by atoms with Gasteiger partial charge in [0, 0.05) is 41.3 Å². The van der Waals surface area contributed by atoms with Crippen molar-refractivity contribution in [1.82, 2.24) is 20.3 Å². The quantitative estimate of drug-likeness (QED) is 0.472. The summed E-state index contributed by atoms with van der Waals surface area (Å²) in [7, 11) is 0. The van der Waals surface area contributed by atoms with Crippen molar-refractivity contribution in [2.45, 2.75) is 63.5 Å². The van der Waals surface area contributed by atoms with Crippen LogP contribution in [0.2, 0.25) is 5.15 Å². The number of H-pyrrole nitrogens is 1. The molecule has 2 aliphatic carbocycles. The Kier molecular flexibility index (Phi) is 5.81. The first-order chi connectivity index (χ1) is 15.2. The van der Waals surface area contributed by atoms with E-state index in [0.717, 1.165) is 66.5 Å². The Morgan fingerprint density at radius 3 is 2.65 bits per heavy atom. The van der Waals surface area contributed by atoms with Crippen molar-refractivity contribution >= 4 is 34.4 Å². The second-order valence-corrected chi connectivity index (χ2v) is 9.24. The van der Waals surface area contributed by atoms with E-state index in [9.17, 15) is 4.79 Å². The Hall–Kier alpha value is -2.60. The number of amides is 1. The zero-order valence-electron chi connectivity index (χ0n) is 17.5. The van der Waals surface area contributed by atoms with Crippen LogP contribution in [-0.2, 0) is 4.79 Å². The van der Waals surface area contributed by atoms with Crippen LogP contribution in [0.15, 0.2) is 36.7 Å². The highest BCUT2D eigenvalue weighted by Gasteiger charge is 2.27. The SMILES string of the molecule is O=C(N[C@H]1CC[C@H](Nc2cc(-c3c[nH]c4ncccc34)cc(Cl)n2)CC1)C1CCCC1. The summed E-state index contributed by atoms with van der Waals surface area (Å²) in [6.45, 7) is 0. The summed E-state index contributed by atoms with van der Waals surface area (Å²) in [6.07, 6.45) is 12.3. The molecule has 162 valence electrons. The number of carbonyl (C=O) groups is 1. The molecule has 5 rings (SSSR count). The zero-order chi connectivity index (χ0) is 21.2. The molecule has 31 heavy (non-hydrogen) atoms. The van der Waals surface area contributed by atoms with Crippen molar-refractivity contribution < 1.29 is 4.79 Å². The summed E-state index contributed by atoms with van der Waals surface area (Å²) in [5.74, 6) is 1.30. The van der Waals surface area contributed by atoms with E-state index in [4.69, 9.17) is 11.6 Å². The van der Waals surface area contributed by atoms with Crippen molar-refractivity contribution in [3.8, 4) is 11.1 Å². The van der Waals surface area contributed by atoms with Crippen molar-refractivity contribution in [2.75, 3.05) is 5.32 Å². The Morgan fingerprint density at radius 2 is 1.84 bits per heavy atom. The minimum absolute atomic E-state index is 0.240. The van der Waals surface area contributed by atoms with Gasteiger partial charge in [-0.25, -0.2) is 9.97 Å². The number of halogens is 1. The minimum atomic E-state index is 0.240. The number of fused-ring (bicyclic) bond motifs is 1. The molecule has 0 aliphatic heterocycles. The van der Waals surface area contributed by atoms with Gasteiger partial charge in [0.15, 0.2) is 0 Å². The van der Waals surface area contributed by atoms with Gasteiger partial charge >= 0.3 is 0 Å². The van der Waals surface area contributed by atoms with Crippen LogP contribution >= 0.6 is 11.6 Å². The number of anilines is 1. The topological polar surface area (TPSA) is 82.7 Å². The average Bonchev–Trinajstić information content (AvgIpc) is 3.45. The molecule has 3 N–H and O–H groups in total. The number of carbonyl (C=O) groups excluding carboxylic acids is 1. The van der Waals surface area contributed by atoms with E-state index in [0.29, 0.717) is 17.2 Å². The number of aromatic nitrogens is 3. The maximum atomic E-state index is 12.4. The van der Waals surface area contributed by atoms with Crippen LogP contribution < -0.4 is 10.6 Å². The molecule has 2 saturated carbocycles. The molecule has 0 bridgehead atoms. The molecule has 7 heteroatoms. The van der Waals surface area contributed by atoms with Gasteiger partial charge in [-0.2, -0.15) is 0 Å². The van der Waals surface area contributed by atoms with Crippen LogP contribution in [-0.4, -0.2) is 32.9 Å². The summed E-state index contributed by atoms with van der Waals surface area (Å²) < 4.78 is 0. The maximum absolute atomic E-state index is 12.4. The van der Waals surface area contributed by atoms with Crippen LogP contribution in [0, 0.1) is 5.92 Å². The smallest absolute Gasteiger partial charge is 0.223 e. The maximum Gasteiger partial charge on any atom is 0.223 e. The molecule has 3 heterocycles. The molecule has 0 unspecified atom stereocenters. The van der Waals surface area contributed by atoms with E-state index in [2.05, 4.69) is 37.7 Å². The minimum Gasteiger partial charge on any atom is -0.367 e. The molecular weight excluding hydrogens is 410 g/mol. The molecule has 0 spiro atoms. The molecule has 2 aliphatic rings. The summed E-state index contributed by atoms with van der Waals surface area (Å²) >= 11 is 6.35. The second-order valence-electron chi connectivity index (χ2n) is 8.85. The third-order valence-corrected chi connectivity index (χ3v) is 6.90. The standard InChI is InChI=1S/C24H28ClN5O/c25-21-12-16(20-14-27-23-19(20)6-3-11-26-23)13-22(30-21)28-17-7-9-18(10-8-17)29-24(31)15-4-1-2-5-15/h3,6,11-15,17-18H,1-2,4-5,7-10H2,(H,26,27)(H,28,30)(H,29,31)/t17-,18-. The number of nitrogens with zero attached hydrogens (tertiary/aromatic N) is 2. The van der Waals surface area contributed by atoms with Crippen LogP contribution in [0.1, 0.15) is 51.4 Å². The molecule has 0 atom stereocenters. The number of nitrogens with one attached hydrogen (secondary N) is 3. The molecule has 3 aromatic rings. The number of rotatable bonds is 5. The lowest BCUT2D eigenvalue weighted by Crippen LogP contribution is -2.42. The average molecular weight is 438 g/mol. The van der Waals surface area contributed by atoms with E-state index in [1.54, 1.807) is 6.20 Å². The summed E-state index contributed by atoms with van der Waals surface area (Å²) in [5.41, 5.74) is 2.94. The molecule has 3 aromatic heterocycles. The van der Waals surface area contributed by atoms with Gasteiger partial charge in [-0.1, -0.05) is 24.4 Å². The third kappa shape index (κ3) is 4.54. The van der Waals surface area contributed by atoms with E-state index < -0.39 is 0 Å². The van der Waals surface area contributed by atoms with Crippen LogP contribution in [0.4, 0.5) is 5.82 Å². The fraction of sp³-hybridized carbons (Fsp3) is 0.458. The summed E-state index contributed by atoms with van der Waals surface area (Å²) in [5, 5.41) is 8.39. The van der Waals surface area contributed by atoms with Gasteiger partial charge in [-0.15, -0.1) is 0 Å². The predicted octanol–water partition coefficient (Wildman–Crippen LogP) is 5.31. The molecule has 2 fully saturated rings. The van der Waals surface area contributed by atoms with Crippen molar-refractivity contribution in [2.24, 2.45) is 5.92 Å². The molecular formula is C24H28ClN5O. The zero-order valence-corrected chi connectivity index (χ0v) is 18.3. The monoisotopic (exact) mass is 437 g/mol. The fourth-order valence-electron chi connectivity index (χ4n) is 5.02. The van der Waals surface area contributed by atoms with Gasteiger partial charge in [0.1, 0.15) is 16.6 Å². The Labute approximate surface area is 187 Å². The van der Waals surface area contributed by atoms with Gasteiger partial charge in [-0.05, 0) is 68.4 Å². The Balaban J connectivity index is 1.22. The van der Waals surface area contributed by atoms with E-state index >= 15 is 0 Å². The lowest BCUT2D eigenvalue weighted by atomic mass is 9.90. The molecule has 0 aromatic carbocycles. The Bertz CT molecular complexity index is 1070. The predicted molar refractivity (Wildman–Crippen MR) is 124 cm³/mol. The normalized spacial score (nSPS) is 22.0. The third-order valence-electron chi connectivity index (χ3n) is 6.71. The fourth-order valence-corrected chi connectivity index (χ4v) is 5.23. The number of hydrogen-bond donors (Lipinski definition) is 3. The van der Waals surface area contributed by atoms with Gasteiger partial charge in [0.05, 0.1) is 0 Å². The van der Waals surface area contributed by atoms with Crippen molar-refractivity contribution in [3.63, 3.8) is 0 Å². The molecule has 0 radical (unpaired) electrons. The number of pyridine rings is 2. The van der Waals surface area contributed by atoms with Crippen molar-refractivity contribution in [1.29, 1.82) is 0 Å². The van der Waals surface area contributed by atoms with Crippen molar-refractivity contribution in [3.05, 3.63) is 41.8 Å². The highest BCUT2D eigenvalue weighted by molar-refractivity contribution is 6.29. The second kappa shape index (κ2) is 8.87. The molecule has 1 amide bonds. The largest absolute Gasteiger partial charge is 0.367 e. The first-order valence-corrected chi connectivity index (χ1v) is 11.7. The summed E-state index contributed by atoms with van der Waals surface area (Å²) in [4.78, 5) is 24.5. The highest BCUT2D eigenvalue weighted by Crippen LogP contribution is 2.32.